The van der Waals surface area contributed by atoms with Gasteiger partial charge in [-0.05, 0) is 32.1 Å². The molecule has 5 heteroatoms. The second-order valence-electron chi connectivity index (χ2n) is 8.75. The van der Waals surface area contributed by atoms with E-state index in [1.54, 1.807) is 6.20 Å². The van der Waals surface area contributed by atoms with Gasteiger partial charge in [-0.3, -0.25) is 5.73 Å². The average Bonchev–Trinajstić information content (AvgIpc) is 3.10. The van der Waals surface area contributed by atoms with Crippen LogP contribution in [0.15, 0.2) is 29.5 Å². The van der Waals surface area contributed by atoms with Crippen LogP contribution in [-0.4, -0.2) is 34.1 Å². The lowest BCUT2D eigenvalue weighted by Gasteiger charge is -2.34. The smallest absolute Gasteiger partial charge is 0.360 e. The summed E-state index contributed by atoms with van der Waals surface area (Å²) < 4.78 is 0.164. The molecule has 0 fully saturated rings. The molecule has 1 aliphatic heterocycles. The number of hydrogen-bond donors (Lipinski definition) is 2. The minimum Gasteiger partial charge on any atom is -0.477 e. The van der Waals surface area contributed by atoms with Crippen molar-refractivity contribution in [2.75, 3.05) is 6.54 Å². The molecular weight excluding hydrogens is 374 g/mol. The number of unbranched alkanes of at least 4 members (excludes halogenated alkanes) is 12. The third-order valence-corrected chi connectivity index (χ3v) is 6.07. The van der Waals surface area contributed by atoms with Crippen LogP contribution in [0.3, 0.4) is 0 Å². The quantitative estimate of drug-likeness (QED) is 0.142. The Morgan fingerprint density at radius 2 is 1.53 bits per heavy atom. The summed E-state index contributed by atoms with van der Waals surface area (Å²) in [5, 5.41) is 9.25. The van der Waals surface area contributed by atoms with Crippen molar-refractivity contribution in [2.24, 2.45) is 10.7 Å². The van der Waals surface area contributed by atoms with E-state index in [9.17, 15) is 9.90 Å². The van der Waals surface area contributed by atoms with Gasteiger partial charge in [0.1, 0.15) is 12.4 Å². The summed E-state index contributed by atoms with van der Waals surface area (Å²) in [5.41, 5.74) is 6.10. The molecule has 0 bridgehead atoms. The lowest BCUT2D eigenvalue weighted by molar-refractivity contribution is -0.805. The normalized spacial score (nSPS) is 19.5. The van der Waals surface area contributed by atoms with E-state index in [-0.39, 0.29) is 17.2 Å². The highest BCUT2D eigenvalue weighted by molar-refractivity contribution is 5.81. The molecule has 172 valence electrons. The summed E-state index contributed by atoms with van der Waals surface area (Å²) in [5.74, 6) is 0.0444. The number of carboxylic acids is 1. The number of aliphatic imine (C=N–C) groups is 1. The van der Waals surface area contributed by atoms with Gasteiger partial charge < -0.3 is 5.11 Å². The minimum absolute atomic E-state index is 0.0311. The van der Waals surface area contributed by atoms with Crippen LogP contribution in [-0.2, 0) is 4.79 Å². The molecule has 0 radical (unpaired) electrons. The Labute approximate surface area is 184 Å². The van der Waals surface area contributed by atoms with Gasteiger partial charge in [-0.1, -0.05) is 76.9 Å². The van der Waals surface area contributed by atoms with E-state index in [4.69, 9.17) is 5.73 Å². The minimum atomic E-state index is -0.842. The molecule has 0 saturated heterocycles. The third-order valence-electron chi connectivity index (χ3n) is 6.07. The summed E-state index contributed by atoms with van der Waals surface area (Å²) in [7, 11) is 0. The predicted molar refractivity (Wildman–Crippen MR) is 127 cm³/mol. The van der Waals surface area contributed by atoms with Crippen LogP contribution in [0.25, 0.3) is 0 Å². The van der Waals surface area contributed by atoms with E-state index in [2.05, 4.69) is 24.1 Å². The molecule has 30 heavy (non-hydrogen) atoms. The van der Waals surface area contributed by atoms with E-state index in [0.717, 1.165) is 25.1 Å². The molecule has 1 aliphatic rings. The summed E-state index contributed by atoms with van der Waals surface area (Å²) in [6.45, 7) is 4.09. The van der Waals surface area contributed by atoms with E-state index in [1.807, 2.05) is 13.1 Å². The van der Waals surface area contributed by atoms with Crippen molar-refractivity contribution in [3.8, 4) is 0 Å². The number of hydrogen-bond acceptors (Lipinski definition) is 3. The van der Waals surface area contributed by atoms with Crippen molar-refractivity contribution in [3.63, 3.8) is 0 Å². The highest BCUT2D eigenvalue weighted by atomic mass is 16.4. The van der Waals surface area contributed by atoms with Gasteiger partial charge in [0.15, 0.2) is 6.54 Å². The van der Waals surface area contributed by atoms with Gasteiger partial charge in [-0.15, -0.1) is 0 Å². The number of quaternary nitrogens is 1. The summed E-state index contributed by atoms with van der Waals surface area (Å²) in [4.78, 5) is 15.7. The van der Waals surface area contributed by atoms with Crippen LogP contribution in [0.2, 0.25) is 0 Å². The van der Waals surface area contributed by atoms with Crippen molar-refractivity contribution in [3.05, 3.63) is 24.6 Å². The van der Waals surface area contributed by atoms with Crippen molar-refractivity contribution in [1.29, 1.82) is 0 Å². The van der Waals surface area contributed by atoms with Gasteiger partial charge in [0, 0.05) is 13.3 Å². The molecular formula is C25H46N3O2+. The standard InChI is InChI=1S/C25H45N3O2/c1-3-4-5-6-7-8-9-10-11-12-13-14-15-16-17-18-19-24-27-20-21-28(24,23(2)26)22-25(29)30/h12-13,20-21,23H,3-11,14-19,22,26H2,1-2H3/p+1/b13-12+. The second kappa shape index (κ2) is 16.3. The first-order valence-electron chi connectivity index (χ1n) is 12.3. The van der Waals surface area contributed by atoms with E-state index in [0.29, 0.717) is 0 Å². The largest absolute Gasteiger partial charge is 0.477 e. The van der Waals surface area contributed by atoms with Crippen LogP contribution >= 0.6 is 0 Å². The molecule has 2 unspecified atom stereocenters. The number of aliphatic carboxylic acids is 1. The molecule has 0 aliphatic carbocycles. The van der Waals surface area contributed by atoms with Crippen molar-refractivity contribution < 1.29 is 14.4 Å². The SMILES string of the molecule is CCCCCCCCCC/C=C/CCCCCCC1=NC=C[N+]1(CC(=O)O)C(C)N. The van der Waals surface area contributed by atoms with Crippen LogP contribution in [0, 0.1) is 0 Å². The van der Waals surface area contributed by atoms with E-state index < -0.39 is 5.97 Å². The first-order chi connectivity index (χ1) is 14.5. The molecule has 1 heterocycles. The van der Waals surface area contributed by atoms with Crippen molar-refractivity contribution in [2.45, 2.75) is 116 Å². The van der Waals surface area contributed by atoms with Gasteiger partial charge in [-0.2, -0.15) is 0 Å². The highest BCUT2D eigenvalue weighted by Gasteiger charge is 2.40. The zero-order chi connectivity index (χ0) is 22.1. The van der Waals surface area contributed by atoms with Crippen molar-refractivity contribution in [1.82, 2.24) is 0 Å². The van der Waals surface area contributed by atoms with Crippen LogP contribution in [0.1, 0.15) is 110 Å². The molecule has 0 aromatic rings. The van der Waals surface area contributed by atoms with Gasteiger partial charge in [0.25, 0.3) is 0 Å². The fraction of sp³-hybridized carbons (Fsp3) is 0.760. The third kappa shape index (κ3) is 10.5. The molecule has 1 rings (SSSR count). The summed E-state index contributed by atoms with van der Waals surface area (Å²) in [6, 6.07) is 0. The van der Waals surface area contributed by atoms with Gasteiger partial charge in [0.2, 0.25) is 5.84 Å². The molecule has 0 spiro atoms. The molecule has 5 nitrogen and oxygen atoms in total. The molecule has 2 atom stereocenters. The number of rotatable bonds is 19. The number of nitrogens with zero attached hydrogens (tertiary/aromatic N) is 2. The number of carbonyl (C=O) groups is 1. The predicted octanol–water partition coefficient (Wildman–Crippen LogP) is 6.50. The Kier molecular flexibility index (Phi) is 14.4. The Bertz CT molecular complexity index is 555. The highest BCUT2D eigenvalue weighted by Crippen LogP contribution is 2.23. The van der Waals surface area contributed by atoms with Crippen LogP contribution in [0.5, 0.6) is 0 Å². The molecule has 0 aromatic carbocycles. The van der Waals surface area contributed by atoms with E-state index >= 15 is 0 Å². The summed E-state index contributed by atoms with van der Waals surface area (Å²) >= 11 is 0. The second-order valence-corrected chi connectivity index (χ2v) is 8.75. The van der Waals surface area contributed by atoms with Crippen LogP contribution in [0.4, 0.5) is 0 Å². The number of allylic oxidation sites excluding steroid dienone is 2. The first-order valence-corrected chi connectivity index (χ1v) is 12.3. The maximum atomic E-state index is 11.3. The molecule has 3 N–H and O–H groups in total. The zero-order valence-electron chi connectivity index (χ0n) is 19.5. The number of amidine groups is 1. The van der Waals surface area contributed by atoms with Gasteiger partial charge in [0.05, 0.1) is 6.20 Å². The lowest BCUT2D eigenvalue weighted by atomic mass is 10.1. The molecule has 0 aromatic heterocycles. The zero-order valence-corrected chi connectivity index (χ0v) is 19.5. The Hall–Kier alpha value is -1.46. The molecule has 0 saturated carbocycles. The monoisotopic (exact) mass is 420 g/mol. The lowest BCUT2D eigenvalue weighted by Crippen LogP contribution is -2.59. The first kappa shape index (κ1) is 26.6. The van der Waals surface area contributed by atoms with Gasteiger partial charge >= 0.3 is 5.97 Å². The topological polar surface area (TPSA) is 75.7 Å². The van der Waals surface area contributed by atoms with Crippen molar-refractivity contribution >= 4 is 11.8 Å². The van der Waals surface area contributed by atoms with Crippen LogP contribution < -0.4 is 5.73 Å². The fourth-order valence-corrected chi connectivity index (χ4v) is 4.12. The van der Waals surface area contributed by atoms with Gasteiger partial charge in [-0.25, -0.2) is 14.3 Å². The average molecular weight is 421 g/mol. The maximum absolute atomic E-state index is 11.3. The fourth-order valence-electron chi connectivity index (χ4n) is 4.12. The Morgan fingerprint density at radius 3 is 2.07 bits per heavy atom. The number of carboxylic acid groups (broad SMARTS) is 1. The number of nitrogens with two attached hydrogens (primary N) is 1. The summed E-state index contributed by atoms with van der Waals surface area (Å²) in [6.07, 6.45) is 26.8. The van der Waals surface area contributed by atoms with E-state index in [1.165, 1.54) is 77.0 Å². The Morgan fingerprint density at radius 1 is 1.00 bits per heavy atom. The maximum Gasteiger partial charge on any atom is 0.360 e. The Balaban J connectivity index is 2.03. The molecule has 0 amide bonds.